The molecule has 0 saturated heterocycles. The lowest BCUT2D eigenvalue weighted by atomic mass is 10.1. The van der Waals surface area contributed by atoms with Crippen molar-refractivity contribution >= 4 is 21.4 Å². The maximum absolute atomic E-state index is 12.2. The van der Waals surface area contributed by atoms with Gasteiger partial charge < -0.3 is 14.0 Å². The SMILES string of the molecule is CCCCC/C=C\CCCCCCCC(=O)O[C@H](COP)COC(=O)CCCCCCCCCCCCC. The molecule has 0 N–H and O–H groups in total. The van der Waals surface area contributed by atoms with E-state index >= 15 is 0 Å². The second-order valence-corrected chi connectivity index (χ2v) is 11.0. The van der Waals surface area contributed by atoms with E-state index in [-0.39, 0.29) is 25.2 Å². The van der Waals surface area contributed by atoms with Crippen LogP contribution in [-0.2, 0) is 23.6 Å². The number of esters is 2. The third kappa shape index (κ3) is 28.1. The summed E-state index contributed by atoms with van der Waals surface area (Å²) in [6.07, 6.45) is 30.3. The predicted octanol–water partition coefficient (Wildman–Crippen LogP) is 9.82. The van der Waals surface area contributed by atoms with Gasteiger partial charge in [-0.15, -0.1) is 0 Å². The van der Waals surface area contributed by atoms with Crippen molar-refractivity contribution in [3.05, 3.63) is 12.2 Å². The lowest BCUT2D eigenvalue weighted by molar-refractivity contribution is -0.160. The molecule has 0 saturated carbocycles. The van der Waals surface area contributed by atoms with Crippen LogP contribution in [-0.4, -0.2) is 31.3 Å². The first-order chi connectivity index (χ1) is 18.6. The molecule has 0 spiro atoms. The van der Waals surface area contributed by atoms with Crippen LogP contribution in [0.2, 0.25) is 0 Å². The highest BCUT2D eigenvalue weighted by Gasteiger charge is 2.17. The van der Waals surface area contributed by atoms with Gasteiger partial charge >= 0.3 is 11.9 Å². The first kappa shape index (κ1) is 37.1. The highest BCUT2D eigenvalue weighted by Crippen LogP contribution is 2.13. The Bertz CT molecular complexity index is 552. The Labute approximate surface area is 237 Å². The molecule has 2 atom stereocenters. The molecule has 6 heteroatoms. The van der Waals surface area contributed by atoms with Gasteiger partial charge in [0.25, 0.3) is 0 Å². The standard InChI is InChI=1S/C32H61O5P/c1-3-5-7-9-11-13-15-17-19-21-23-25-27-32(34)37-30(29-36-38)28-35-31(33)26-24-22-20-18-16-14-12-10-8-6-4-2/h11,13,30H,3-10,12,14-29,38H2,1-2H3/b13-11-/t30-/m0/s1. The molecule has 0 amide bonds. The summed E-state index contributed by atoms with van der Waals surface area (Å²) in [5, 5.41) is 0. The Morgan fingerprint density at radius 1 is 0.579 bits per heavy atom. The minimum absolute atomic E-state index is 0.0585. The van der Waals surface area contributed by atoms with E-state index in [0.717, 1.165) is 38.5 Å². The van der Waals surface area contributed by atoms with Gasteiger partial charge in [0.05, 0.1) is 6.61 Å². The normalized spacial score (nSPS) is 12.2. The van der Waals surface area contributed by atoms with Gasteiger partial charge in [0.15, 0.2) is 6.10 Å². The first-order valence-corrected chi connectivity index (χ1v) is 16.4. The van der Waals surface area contributed by atoms with Crippen molar-refractivity contribution in [1.82, 2.24) is 0 Å². The molecule has 0 aliphatic rings. The zero-order chi connectivity index (χ0) is 27.9. The molecule has 0 heterocycles. The number of carbonyl (C=O) groups excluding carboxylic acids is 2. The number of unbranched alkanes of at least 4 members (excludes halogenated alkanes) is 18. The molecule has 38 heavy (non-hydrogen) atoms. The van der Waals surface area contributed by atoms with Crippen molar-refractivity contribution < 1.29 is 23.6 Å². The highest BCUT2D eigenvalue weighted by atomic mass is 31.0. The zero-order valence-electron chi connectivity index (χ0n) is 25.0. The van der Waals surface area contributed by atoms with Crippen molar-refractivity contribution in [3.8, 4) is 0 Å². The van der Waals surface area contributed by atoms with Crippen LogP contribution in [0, 0.1) is 0 Å². The van der Waals surface area contributed by atoms with Crippen LogP contribution in [0.15, 0.2) is 12.2 Å². The van der Waals surface area contributed by atoms with Gasteiger partial charge in [-0.1, -0.05) is 122 Å². The van der Waals surface area contributed by atoms with E-state index < -0.39 is 6.10 Å². The summed E-state index contributed by atoms with van der Waals surface area (Å²) >= 11 is 0. The monoisotopic (exact) mass is 556 g/mol. The van der Waals surface area contributed by atoms with E-state index in [9.17, 15) is 9.59 Å². The van der Waals surface area contributed by atoms with Crippen molar-refractivity contribution in [2.45, 2.75) is 168 Å². The first-order valence-electron chi connectivity index (χ1n) is 16.0. The topological polar surface area (TPSA) is 61.8 Å². The number of hydrogen-bond acceptors (Lipinski definition) is 5. The number of carbonyl (C=O) groups is 2. The van der Waals surface area contributed by atoms with Crippen LogP contribution in [0.4, 0.5) is 0 Å². The van der Waals surface area contributed by atoms with E-state index in [1.54, 1.807) is 0 Å². The maximum atomic E-state index is 12.2. The second-order valence-electron chi connectivity index (χ2n) is 10.7. The Kier molecular flexibility index (Phi) is 29.9. The van der Waals surface area contributed by atoms with Crippen LogP contribution in [0.25, 0.3) is 0 Å². The van der Waals surface area contributed by atoms with Crippen LogP contribution in [0.1, 0.15) is 162 Å². The summed E-state index contributed by atoms with van der Waals surface area (Å²) in [6, 6.07) is 0. The maximum Gasteiger partial charge on any atom is 0.306 e. The highest BCUT2D eigenvalue weighted by molar-refractivity contribution is 7.09. The molecule has 0 radical (unpaired) electrons. The van der Waals surface area contributed by atoms with E-state index in [1.807, 2.05) is 0 Å². The van der Waals surface area contributed by atoms with Gasteiger partial charge in [-0.2, -0.15) is 0 Å². The van der Waals surface area contributed by atoms with E-state index in [4.69, 9.17) is 14.0 Å². The quantitative estimate of drug-likeness (QED) is 0.0397. The minimum Gasteiger partial charge on any atom is -0.462 e. The molecule has 0 bridgehead atoms. The summed E-state index contributed by atoms with van der Waals surface area (Å²) in [7, 11) is 2.17. The summed E-state index contributed by atoms with van der Waals surface area (Å²) < 4.78 is 15.9. The van der Waals surface area contributed by atoms with Gasteiger partial charge in [-0.25, -0.2) is 0 Å². The van der Waals surface area contributed by atoms with Crippen molar-refractivity contribution in [3.63, 3.8) is 0 Å². The summed E-state index contributed by atoms with van der Waals surface area (Å²) in [5.41, 5.74) is 0. The Hall–Kier alpha value is -0.930. The van der Waals surface area contributed by atoms with Crippen LogP contribution < -0.4 is 0 Å². The molecule has 5 nitrogen and oxygen atoms in total. The van der Waals surface area contributed by atoms with Crippen molar-refractivity contribution in [1.29, 1.82) is 0 Å². The Morgan fingerprint density at radius 2 is 1.00 bits per heavy atom. The Morgan fingerprint density at radius 3 is 1.53 bits per heavy atom. The van der Waals surface area contributed by atoms with Crippen molar-refractivity contribution in [2.24, 2.45) is 0 Å². The fraction of sp³-hybridized carbons (Fsp3) is 0.875. The molecule has 0 aromatic carbocycles. The van der Waals surface area contributed by atoms with Crippen LogP contribution >= 0.6 is 9.47 Å². The lowest BCUT2D eigenvalue weighted by Crippen LogP contribution is -2.28. The molecular weight excluding hydrogens is 495 g/mol. The van der Waals surface area contributed by atoms with Gasteiger partial charge in [0, 0.05) is 22.3 Å². The molecule has 0 aromatic rings. The Balaban J connectivity index is 3.71. The largest absolute Gasteiger partial charge is 0.462 e. The van der Waals surface area contributed by atoms with Crippen molar-refractivity contribution in [2.75, 3.05) is 13.2 Å². The zero-order valence-corrected chi connectivity index (χ0v) is 26.2. The minimum atomic E-state index is -0.551. The number of allylic oxidation sites excluding steroid dienone is 2. The molecule has 0 rings (SSSR count). The summed E-state index contributed by atoms with van der Waals surface area (Å²) in [4.78, 5) is 24.3. The van der Waals surface area contributed by atoms with E-state index in [0.29, 0.717) is 12.8 Å². The number of rotatable bonds is 29. The van der Waals surface area contributed by atoms with Gasteiger partial charge in [-0.05, 0) is 38.5 Å². The average molecular weight is 557 g/mol. The third-order valence-corrected chi connectivity index (χ3v) is 7.08. The molecule has 0 fully saturated rings. The van der Waals surface area contributed by atoms with E-state index in [2.05, 4.69) is 35.5 Å². The molecule has 1 unspecified atom stereocenters. The molecule has 0 aromatic heterocycles. The summed E-state index contributed by atoms with van der Waals surface area (Å²) in [6.45, 7) is 4.75. The van der Waals surface area contributed by atoms with Crippen LogP contribution in [0.5, 0.6) is 0 Å². The van der Waals surface area contributed by atoms with Gasteiger partial charge in [-0.3, -0.25) is 9.59 Å². The smallest absolute Gasteiger partial charge is 0.306 e. The van der Waals surface area contributed by atoms with Gasteiger partial charge in [0.2, 0.25) is 0 Å². The second kappa shape index (κ2) is 30.6. The summed E-state index contributed by atoms with van der Waals surface area (Å²) in [5.74, 6) is -0.463. The lowest BCUT2D eigenvalue weighted by Gasteiger charge is -2.17. The van der Waals surface area contributed by atoms with E-state index in [1.165, 1.54) is 96.3 Å². The predicted molar refractivity (Wildman–Crippen MR) is 163 cm³/mol. The number of ether oxygens (including phenoxy) is 2. The fourth-order valence-electron chi connectivity index (χ4n) is 4.47. The molecule has 224 valence electrons. The van der Waals surface area contributed by atoms with Crippen LogP contribution in [0.3, 0.4) is 0 Å². The van der Waals surface area contributed by atoms with Gasteiger partial charge in [0.1, 0.15) is 6.61 Å². The molecular formula is C32H61O5P. The third-order valence-electron chi connectivity index (χ3n) is 6.89. The number of hydrogen-bond donors (Lipinski definition) is 0. The molecule has 0 aliphatic heterocycles. The average Bonchev–Trinajstić information content (AvgIpc) is 2.91. The fourth-order valence-corrected chi connectivity index (χ4v) is 4.68. The molecule has 0 aliphatic carbocycles.